The molecule has 0 fully saturated rings. The minimum absolute atomic E-state index is 0.000668. The Morgan fingerprint density at radius 1 is 1.00 bits per heavy atom. The topological polar surface area (TPSA) is 66.9 Å². The summed E-state index contributed by atoms with van der Waals surface area (Å²) in [6, 6.07) is 13.8. The van der Waals surface area contributed by atoms with E-state index in [9.17, 15) is 4.79 Å². The van der Waals surface area contributed by atoms with Gasteiger partial charge in [0.25, 0.3) is 0 Å². The molecule has 1 atom stereocenters. The fourth-order valence-corrected chi connectivity index (χ4v) is 2.80. The van der Waals surface area contributed by atoms with Crippen molar-refractivity contribution in [3.8, 4) is 5.75 Å². The van der Waals surface area contributed by atoms with Gasteiger partial charge in [0.05, 0.1) is 32.6 Å². The lowest BCUT2D eigenvalue weighted by Gasteiger charge is -2.18. The van der Waals surface area contributed by atoms with Crippen molar-refractivity contribution in [2.45, 2.75) is 44.8 Å². The van der Waals surface area contributed by atoms with Crippen LogP contribution < -0.4 is 4.74 Å². The van der Waals surface area contributed by atoms with E-state index in [0.29, 0.717) is 39.3 Å². The molecule has 6 nitrogen and oxygen atoms in total. The van der Waals surface area contributed by atoms with Crippen molar-refractivity contribution in [2.24, 2.45) is 0 Å². The number of hydrogen-bond acceptors (Lipinski definition) is 6. The first-order chi connectivity index (χ1) is 14.3. The van der Waals surface area contributed by atoms with Crippen molar-refractivity contribution < 1.29 is 23.7 Å². The van der Waals surface area contributed by atoms with E-state index in [1.165, 1.54) is 7.11 Å². The van der Waals surface area contributed by atoms with Gasteiger partial charge in [-0.1, -0.05) is 30.3 Å². The number of hydrogen-bond donors (Lipinski definition) is 0. The molecule has 2 aromatic rings. The average molecular weight is 402 g/mol. The smallest absolute Gasteiger partial charge is 0.305 e. The average Bonchev–Trinajstić information content (AvgIpc) is 2.77. The van der Waals surface area contributed by atoms with Gasteiger partial charge in [-0.25, -0.2) is 0 Å². The van der Waals surface area contributed by atoms with Crippen molar-refractivity contribution in [1.82, 2.24) is 4.98 Å². The summed E-state index contributed by atoms with van der Waals surface area (Å²) in [4.78, 5) is 15.5. The van der Waals surface area contributed by atoms with Crippen molar-refractivity contribution in [1.29, 1.82) is 0 Å². The highest BCUT2D eigenvalue weighted by Crippen LogP contribution is 2.13. The summed E-state index contributed by atoms with van der Waals surface area (Å²) >= 11 is 0. The first-order valence-electron chi connectivity index (χ1n) is 10.1. The summed E-state index contributed by atoms with van der Waals surface area (Å²) < 4.78 is 22.1. The van der Waals surface area contributed by atoms with Crippen LogP contribution in [0.4, 0.5) is 0 Å². The monoisotopic (exact) mass is 401 g/mol. The zero-order valence-electron chi connectivity index (χ0n) is 17.1. The lowest BCUT2D eigenvalue weighted by atomic mass is 10.1. The molecule has 1 unspecified atom stereocenters. The highest BCUT2D eigenvalue weighted by Gasteiger charge is 2.12. The normalized spacial score (nSPS) is 11.8. The molecule has 0 aliphatic heterocycles. The largest absolute Gasteiger partial charge is 0.492 e. The molecular formula is C23H31NO5. The summed E-state index contributed by atoms with van der Waals surface area (Å²) in [6.45, 7) is 2.44. The number of pyridine rings is 1. The molecule has 1 aromatic heterocycles. The van der Waals surface area contributed by atoms with Crippen LogP contribution in [0.2, 0.25) is 0 Å². The van der Waals surface area contributed by atoms with E-state index in [1.807, 2.05) is 42.5 Å². The van der Waals surface area contributed by atoms with Crippen LogP contribution in [0.1, 0.15) is 37.7 Å². The first kappa shape index (κ1) is 22.8. The van der Waals surface area contributed by atoms with Gasteiger partial charge in [-0.3, -0.25) is 9.78 Å². The third kappa shape index (κ3) is 10.6. The SMILES string of the molecule is COC(=O)CCC(CCCOc1cccnc1)OCCCOCc1ccccc1. The molecule has 0 saturated carbocycles. The van der Waals surface area contributed by atoms with Crippen molar-refractivity contribution in [2.75, 3.05) is 26.9 Å². The molecule has 0 amide bonds. The van der Waals surface area contributed by atoms with Gasteiger partial charge in [0, 0.05) is 25.8 Å². The van der Waals surface area contributed by atoms with Gasteiger partial charge in [-0.05, 0) is 43.4 Å². The van der Waals surface area contributed by atoms with Crippen LogP contribution in [0.3, 0.4) is 0 Å². The van der Waals surface area contributed by atoms with E-state index in [4.69, 9.17) is 18.9 Å². The maximum atomic E-state index is 11.5. The molecule has 1 heterocycles. The number of benzene rings is 1. The first-order valence-corrected chi connectivity index (χ1v) is 10.1. The van der Waals surface area contributed by atoms with E-state index in [2.05, 4.69) is 4.98 Å². The van der Waals surface area contributed by atoms with Crippen LogP contribution in [0.15, 0.2) is 54.9 Å². The quantitative estimate of drug-likeness (QED) is 0.329. The van der Waals surface area contributed by atoms with Gasteiger partial charge in [-0.15, -0.1) is 0 Å². The molecule has 2 rings (SSSR count). The molecule has 0 bridgehead atoms. The van der Waals surface area contributed by atoms with E-state index in [0.717, 1.165) is 30.6 Å². The zero-order chi connectivity index (χ0) is 20.6. The predicted octanol–water partition coefficient (Wildman–Crippen LogP) is 4.19. The van der Waals surface area contributed by atoms with Crippen LogP contribution in [-0.2, 0) is 25.6 Å². The molecular weight excluding hydrogens is 370 g/mol. The second kappa shape index (κ2) is 14.5. The zero-order valence-corrected chi connectivity index (χ0v) is 17.1. The number of esters is 1. The van der Waals surface area contributed by atoms with Gasteiger partial charge < -0.3 is 18.9 Å². The summed E-state index contributed by atoms with van der Waals surface area (Å²) in [5.74, 6) is 0.548. The van der Waals surface area contributed by atoms with E-state index in [-0.39, 0.29) is 12.1 Å². The Balaban J connectivity index is 1.61. The van der Waals surface area contributed by atoms with Crippen LogP contribution in [0, 0.1) is 0 Å². The van der Waals surface area contributed by atoms with Crippen LogP contribution in [-0.4, -0.2) is 44.0 Å². The van der Waals surface area contributed by atoms with Crippen LogP contribution in [0.5, 0.6) is 5.75 Å². The van der Waals surface area contributed by atoms with Gasteiger partial charge in [0.15, 0.2) is 0 Å². The molecule has 0 aliphatic carbocycles. The van der Waals surface area contributed by atoms with E-state index >= 15 is 0 Å². The summed E-state index contributed by atoms with van der Waals surface area (Å²) in [7, 11) is 1.41. The van der Waals surface area contributed by atoms with Crippen molar-refractivity contribution in [3.63, 3.8) is 0 Å². The summed E-state index contributed by atoms with van der Waals surface area (Å²) in [6.07, 6.45) is 6.88. The molecule has 0 spiro atoms. The minimum Gasteiger partial charge on any atom is -0.492 e. The number of ether oxygens (including phenoxy) is 4. The maximum absolute atomic E-state index is 11.5. The Bertz CT molecular complexity index is 665. The second-order valence-corrected chi connectivity index (χ2v) is 6.68. The number of methoxy groups -OCH3 is 1. The number of aromatic nitrogens is 1. The van der Waals surface area contributed by atoms with Gasteiger partial charge in [0.1, 0.15) is 5.75 Å². The Kier molecular flexibility index (Phi) is 11.5. The molecule has 0 radical (unpaired) electrons. The molecule has 158 valence electrons. The van der Waals surface area contributed by atoms with E-state index in [1.54, 1.807) is 12.4 Å². The summed E-state index contributed by atoms with van der Waals surface area (Å²) in [5.41, 5.74) is 1.16. The van der Waals surface area contributed by atoms with Crippen molar-refractivity contribution >= 4 is 5.97 Å². The van der Waals surface area contributed by atoms with Gasteiger partial charge >= 0.3 is 5.97 Å². The van der Waals surface area contributed by atoms with E-state index < -0.39 is 0 Å². The van der Waals surface area contributed by atoms with Crippen LogP contribution >= 0.6 is 0 Å². The molecule has 29 heavy (non-hydrogen) atoms. The molecule has 6 heteroatoms. The number of rotatable bonds is 15. The highest BCUT2D eigenvalue weighted by atomic mass is 16.5. The number of carbonyl (C=O) groups excluding carboxylic acids is 1. The lowest BCUT2D eigenvalue weighted by molar-refractivity contribution is -0.141. The van der Waals surface area contributed by atoms with Crippen molar-refractivity contribution in [3.05, 3.63) is 60.4 Å². The number of carbonyl (C=O) groups is 1. The summed E-state index contributed by atoms with van der Waals surface area (Å²) in [5, 5.41) is 0. The Labute approximate surface area is 173 Å². The Hall–Kier alpha value is -2.44. The molecule has 0 aliphatic rings. The third-order valence-corrected chi connectivity index (χ3v) is 4.37. The molecule has 0 saturated heterocycles. The second-order valence-electron chi connectivity index (χ2n) is 6.68. The fourth-order valence-electron chi connectivity index (χ4n) is 2.80. The van der Waals surface area contributed by atoms with Gasteiger partial charge in [-0.2, -0.15) is 0 Å². The maximum Gasteiger partial charge on any atom is 0.305 e. The minimum atomic E-state index is -0.212. The lowest BCUT2D eigenvalue weighted by Crippen LogP contribution is -2.18. The molecule has 0 N–H and O–H groups in total. The standard InChI is InChI=1S/C23H31NO5/c1-26-23(25)13-12-21(11-6-16-29-22-10-5-14-24-18-22)28-17-7-15-27-19-20-8-3-2-4-9-20/h2-5,8-10,14,18,21H,6-7,11-13,15-17,19H2,1H3. The van der Waals surface area contributed by atoms with Crippen LogP contribution in [0.25, 0.3) is 0 Å². The third-order valence-electron chi connectivity index (χ3n) is 4.37. The Morgan fingerprint density at radius 2 is 1.86 bits per heavy atom. The van der Waals surface area contributed by atoms with Gasteiger partial charge in [0.2, 0.25) is 0 Å². The predicted molar refractivity (Wildman–Crippen MR) is 111 cm³/mol. The highest BCUT2D eigenvalue weighted by molar-refractivity contribution is 5.69. The molecule has 1 aromatic carbocycles. The fraction of sp³-hybridized carbons (Fsp3) is 0.478. The Morgan fingerprint density at radius 3 is 2.62 bits per heavy atom. The number of nitrogens with zero attached hydrogens (tertiary/aromatic N) is 1.